The number of nitrogen functional groups attached to an aromatic ring is 1. The van der Waals surface area contributed by atoms with E-state index in [1.54, 1.807) is 24.3 Å². The van der Waals surface area contributed by atoms with Crippen LogP contribution in [0.4, 0.5) is 14.5 Å². The van der Waals surface area contributed by atoms with Gasteiger partial charge in [0.15, 0.2) is 5.84 Å². The fraction of sp³-hybridized carbons (Fsp3) is 0.222. The smallest absolute Gasteiger partial charge is 0.286 e. The summed E-state index contributed by atoms with van der Waals surface area (Å²) in [4.78, 5) is 8.26. The maximum absolute atomic E-state index is 12.2. The highest BCUT2D eigenvalue weighted by molar-refractivity contribution is 5.99. The van der Waals surface area contributed by atoms with E-state index in [9.17, 15) is 8.78 Å². The Bertz CT molecular complexity index is 377. The summed E-state index contributed by atoms with van der Waals surface area (Å²) in [5, 5.41) is 0. The number of halogens is 2. The van der Waals surface area contributed by atoms with Gasteiger partial charge in [-0.15, -0.1) is 0 Å². The van der Waals surface area contributed by atoms with Crippen molar-refractivity contribution < 1.29 is 13.6 Å². The number of nitrogens with one attached hydrogen (secondary N) is 1. The van der Waals surface area contributed by atoms with Gasteiger partial charge in [0, 0.05) is 11.3 Å². The van der Waals surface area contributed by atoms with Crippen LogP contribution < -0.4 is 11.2 Å². The number of nitrogens with two attached hydrogens (primary N) is 1. The van der Waals surface area contributed by atoms with E-state index in [-0.39, 0.29) is 0 Å². The van der Waals surface area contributed by atoms with Crippen LogP contribution in [0.15, 0.2) is 29.3 Å². The van der Waals surface area contributed by atoms with Crippen LogP contribution in [0.3, 0.4) is 0 Å². The molecule has 1 heterocycles. The zero-order valence-electron chi connectivity index (χ0n) is 7.65. The van der Waals surface area contributed by atoms with Crippen LogP contribution in [0.1, 0.15) is 5.56 Å². The van der Waals surface area contributed by atoms with Gasteiger partial charge in [-0.1, -0.05) is 0 Å². The Kier molecular flexibility index (Phi) is 2.51. The summed E-state index contributed by atoms with van der Waals surface area (Å²) in [5.74, 6) is 0.292. The molecule has 0 saturated heterocycles. The van der Waals surface area contributed by atoms with Crippen LogP contribution in [0.5, 0.6) is 0 Å². The lowest BCUT2D eigenvalue weighted by Gasteiger charge is -2.02. The number of hydrogen-bond donors (Lipinski definition) is 2. The van der Waals surface area contributed by atoms with Gasteiger partial charge in [-0.2, -0.15) is 0 Å². The number of rotatable bonds is 2. The van der Waals surface area contributed by atoms with Gasteiger partial charge >= 0.3 is 0 Å². The van der Waals surface area contributed by atoms with Gasteiger partial charge in [-0.05, 0) is 24.3 Å². The summed E-state index contributed by atoms with van der Waals surface area (Å²) in [5.41, 5.74) is 9.10. The molecule has 0 spiro atoms. The molecular weight excluding hydrogens is 204 g/mol. The molecule has 3 N–H and O–H groups in total. The van der Waals surface area contributed by atoms with Crippen molar-refractivity contribution >= 4 is 11.5 Å². The molecule has 0 fully saturated rings. The molecule has 2 rings (SSSR count). The fourth-order valence-corrected chi connectivity index (χ4v) is 1.18. The second-order valence-corrected chi connectivity index (χ2v) is 3.04. The number of hydroxylamine groups is 1. The van der Waals surface area contributed by atoms with E-state index >= 15 is 0 Å². The van der Waals surface area contributed by atoms with Crippen LogP contribution in [0.2, 0.25) is 0 Å². The molecule has 0 aromatic heterocycles. The summed E-state index contributed by atoms with van der Waals surface area (Å²) in [6, 6.07) is 6.68. The number of alkyl halides is 2. The van der Waals surface area contributed by atoms with Crippen LogP contribution in [0, 0.1) is 0 Å². The first-order valence-electron chi connectivity index (χ1n) is 4.30. The van der Waals surface area contributed by atoms with E-state index in [4.69, 9.17) is 5.73 Å². The van der Waals surface area contributed by atoms with E-state index in [1.807, 2.05) is 0 Å². The zero-order valence-corrected chi connectivity index (χ0v) is 7.65. The SMILES string of the molecule is Nc1ccc(C2=NC(C(F)F)ON2)cc1. The van der Waals surface area contributed by atoms with Crippen LogP contribution in [-0.4, -0.2) is 18.5 Å². The predicted molar refractivity (Wildman–Crippen MR) is 51.4 cm³/mol. The van der Waals surface area contributed by atoms with Crippen molar-refractivity contribution in [1.29, 1.82) is 0 Å². The molecule has 0 aliphatic carbocycles. The van der Waals surface area contributed by atoms with Gasteiger partial charge in [-0.3, -0.25) is 0 Å². The minimum Gasteiger partial charge on any atom is -0.399 e. The Hall–Kier alpha value is -1.69. The maximum atomic E-state index is 12.2. The molecule has 1 aromatic carbocycles. The molecule has 6 heteroatoms. The lowest BCUT2D eigenvalue weighted by atomic mass is 10.2. The first-order valence-corrected chi connectivity index (χ1v) is 4.30. The van der Waals surface area contributed by atoms with Gasteiger partial charge in [0.25, 0.3) is 6.43 Å². The van der Waals surface area contributed by atoms with Gasteiger partial charge in [0.1, 0.15) is 0 Å². The minimum absolute atomic E-state index is 0.292. The van der Waals surface area contributed by atoms with Gasteiger partial charge in [-0.25, -0.2) is 24.1 Å². The van der Waals surface area contributed by atoms with Crippen LogP contribution in [-0.2, 0) is 4.84 Å². The second-order valence-electron chi connectivity index (χ2n) is 3.04. The Labute approximate surface area is 84.7 Å². The van der Waals surface area contributed by atoms with Crippen molar-refractivity contribution in [3.05, 3.63) is 29.8 Å². The van der Waals surface area contributed by atoms with Crippen LogP contribution >= 0.6 is 0 Å². The van der Waals surface area contributed by atoms with E-state index in [2.05, 4.69) is 15.3 Å². The van der Waals surface area contributed by atoms with Gasteiger partial charge in [0.05, 0.1) is 0 Å². The van der Waals surface area contributed by atoms with E-state index in [1.165, 1.54) is 0 Å². The molecule has 0 radical (unpaired) electrons. The van der Waals surface area contributed by atoms with E-state index < -0.39 is 12.7 Å². The van der Waals surface area contributed by atoms with Crippen LogP contribution in [0.25, 0.3) is 0 Å². The Balaban J connectivity index is 2.19. The van der Waals surface area contributed by atoms with Crippen molar-refractivity contribution in [1.82, 2.24) is 5.48 Å². The first kappa shape index (κ1) is 9.85. The minimum atomic E-state index is -2.64. The molecule has 0 amide bonds. The molecule has 4 nitrogen and oxygen atoms in total. The Morgan fingerprint density at radius 3 is 2.53 bits per heavy atom. The molecule has 15 heavy (non-hydrogen) atoms. The second kappa shape index (κ2) is 3.82. The first-order chi connectivity index (χ1) is 7.16. The van der Waals surface area contributed by atoms with Crippen molar-refractivity contribution in [2.45, 2.75) is 12.7 Å². The molecule has 0 bridgehead atoms. The average molecular weight is 213 g/mol. The van der Waals surface area contributed by atoms with E-state index in [0.717, 1.165) is 0 Å². The standard InChI is InChI=1S/C9H9F2N3O/c10-7(11)9-13-8(14-15-9)5-1-3-6(12)4-2-5/h1-4,7,9H,12H2,(H,13,14). The monoisotopic (exact) mass is 213 g/mol. The maximum Gasteiger partial charge on any atom is 0.286 e. The molecule has 80 valence electrons. The third kappa shape index (κ3) is 2.04. The molecular formula is C9H9F2N3O. The van der Waals surface area contributed by atoms with Crippen molar-refractivity contribution in [2.24, 2.45) is 4.99 Å². The average Bonchev–Trinajstić information content (AvgIpc) is 2.68. The molecule has 1 atom stereocenters. The number of aliphatic imine (C=N–C) groups is 1. The number of amidine groups is 1. The molecule has 1 unspecified atom stereocenters. The number of anilines is 1. The summed E-state index contributed by atoms with van der Waals surface area (Å²) in [6.45, 7) is 0. The third-order valence-corrected chi connectivity index (χ3v) is 1.93. The number of nitrogens with zero attached hydrogens (tertiary/aromatic N) is 1. The normalized spacial score (nSPS) is 20.2. The van der Waals surface area contributed by atoms with Gasteiger partial charge in [0.2, 0.25) is 6.23 Å². The highest BCUT2D eigenvalue weighted by Gasteiger charge is 2.27. The largest absolute Gasteiger partial charge is 0.399 e. The summed E-state index contributed by atoms with van der Waals surface area (Å²) in [6.07, 6.45) is -4.07. The molecule has 0 saturated carbocycles. The highest BCUT2D eigenvalue weighted by atomic mass is 19.3. The van der Waals surface area contributed by atoms with Crippen molar-refractivity contribution in [3.63, 3.8) is 0 Å². The summed E-state index contributed by atoms with van der Waals surface area (Å²) < 4.78 is 24.4. The summed E-state index contributed by atoms with van der Waals surface area (Å²) in [7, 11) is 0. The quantitative estimate of drug-likeness (QED) is 0.724. The Morgan fingerprint density at radius 2 is 2.00 bits per heavy atom. The summed E-state index contributed by atoms with van der Waals surface area (Å²) >= 11 is 0. The van der Waals surface area contributed by atoms with E-state index in [0.29, 0.717) is 17.1 Å². The molecule has 1 aliphatic heterocycles. The number of hydrogen-bond acceptors (Lipinski definition) is 4. The fourth-order valence-electron chi connectivity index (χ4n) is 1.18. The lowest BCUT2D eigenvalue weighted by molar-refractivity contribution is -0.0602. The molecule has 1 aliphatic rings. The third-order valence-electron chi connectivity index (χ3n) is 1.93. The van der Waals surface area contributed by atoms with Gasteiger partial charge < -0.3 is 5.73 Å². The van der Waals surface area contributed by atoms with Crippen molar-refractivity contribution in [3.8, 4) is 0 Å². The topological polar surface area (TPSA) is 59.6 Å². The molecule has 1 aromatic rings. The predicted octanol–water partition coefficient (Wildman–Crippen LogP) is 1.14. The highest BCUT2D eigenvalue weighted by Crippen LogP contribution is 2.14. The lowest BCUT2D eigenvalue weighted by Crippen LogP contribution is -2.22. The van der Waals surface area contributed by atoms with Crippen molar-refractivity contribution in [2.75, 3.05) is 5.73 Å². The Morgan fingerprint density at radius 1 is 1.33 bits per heavy atom. The zero-order chi connectivity index (χ0) is 10.8. The number of benzene rings is 1.